The SMILES string of the molecule is C#CC1CCC2(CC1)C[C@H]2n1c(N2CCOC[C@H]2c2ccccc2)nc2nc(NC(C)(C)C(=O)O)nc(NC3(C4CCC4)CC3)c21. The summed E-state index contributed by atoms with van der Waals surface area (Å²) in [6.07, 6.45) is 17.3. The van der Waals surface area contributed by atoms with Gasteiger partial charge in [-0.3, -0.25) is 0 Å². The van der Waals surface area contributed by atoms with Crippen LogP contribution in [0, 0.1) is 29.6 Å². The molecule has 8 rings (SSSR count). The molecule has 242 valence electrons. The zero-order valence-electron chi connectivity index (χ0n) is 27.0. The fourth-order valence-electron chi connectivity index (χ4n) is 8.31. The predicted molar refractivity (Wildman–Crippen MR) is 178 cm³/mol. The molecule has 2 aromatic heterocycles. The number of hydrogen-bond donors (Lipinski definition) is 3. The van der Waals surface area contributed by atoms with Gasteiger partial charge in [-0.2, -0.15) is 15.0 Å². The molecular formula is C36H45N7O3. The van der Waals surface area contributed by atoms with Crippen molar-refractivity contribution in [1.29, 1.82) is 0 Å². The number of nitrogens with one attached hydrogen (secondary N) is 2. The average molecular weight is 624 g/mol. The Morgan fingerprint density at radius 1 is 1.09 bits per heavy atom. The van der Waals surface area contributed by atoms with Gasteiger partial charge in [0.15, 0.2) is 11.5 Å². The number of morpholine rings is 1. The van der Waals surface area contributed by atoms with Crippen molar-refractivity contribution >= 4 is 34.8 Å². The fraction of sp³-hybridized carbons (Fsp3) is 0.611. The molecule has 46 heavy (non-hydrogen) atoms. The van der Waals surface area contributed by atoms with Gasteiger partial charge in [0, 0.05) is 24.0 Å². The number of aliphatic carboxylic acids is 1. The molecule has 0 unspecified atom stereocenters. The van der Waals surface area contributed by atoms with E-state index >= 15 is 0 Å². The zero-order valence-corrected chi connectivity index (χ0v) is 27.0. The van der Waals surface area contributed by atoms with E-state index in [-0.39, 0.29) is 29.0 Å². The molecule has 4 aliphatic carbocycles. The topological polar surface area (TPSA) is 117 Å². The largest absolute Gasteiger partial charge is 0.480 e. The third-order valence-corrected chi connectivity index (χ3v) is 11.8. The lowest BCUT2D eigenvalue weighted by atomic mass is 9.78. The van der Waals surface area contributed by atoms with E-state index in [1.54, 1.807) is 13.8 Å². The van der Waals surface area contributed by atoms with Crippen LogP contribution in [0.25, 0.3) is 11.2 Å². The second-order valence-electron chi connectivity index (χ2n) is 15.0. The Hall–Kier alpha value is -3.84. The van der Waals surface area contributed by atoms with Crippen molar-refractivity contribution in [2.75, 3.05) is 35.3 Å². The van der Waals surface area contributed by atoms with Crippen LogP contribution in [0.2, 0.25) is 0 Å². The molecule has 10 heteroatoms. The highest BCUT2D eigenvalue weighted by molar-refractivity contribution is 5.89. The molecule has 0 radical (unpaired) electrons. The first kappa shape index (κ1) is 29.6. The lowest BCUT2D eigenvalue weighted by Crippen LogP contribution is -2.41. The third kappa shape index (κ3) is 4.98. The van der Waals surface area contributed by atoms with Crippen LogP contribution in [0.5, 0.6) is 0 Å². The number of terminal acetylenes is 1. The van der Waals surface area contributed by atoms with E-state index in [2.05, 4.69) is 50.3 Å². The number of ether oxygens (including phenoxy) is 1. The van der Waals surface area contributed by atoms with Crippen molar-refractivity contribution in [3.8, 4) is 12.3 Å². The Balaban J connectivity index is 1.29. The summed E-state index contributed by atoms with van der Waals surface area (Å²) < 4.78 is 8.50. The van der Waals surface area contributed by atoms with E-state index in [0.29, 0.717) is 37.2 Å². The Labute approximate surface area is 270 Å². The molecule has 0 amide bonds. The quantitative estimate of drug-likeness (QED) is 0.240. The van der Waals surface area contributed by atoms with Gasteiger partial charge in [0.2, 0.25) is 11.9 Å². The number of imidazole rings is 1. The highest BCUT2D eigenvalue weighted by Gasteiger charge is 2.58. The van der Waals surface area contributed by atoms with Crippen LogP contribution < -0.4 is 15.5 Å². The number of carboxylic acid groups (broad SMARTS) is 1. The first-order valence-corrected chi connectivity index (χ1v) is 17.2. The summed E-state index contributed by atoms with van der Waals surface area (Å²) in [5.74, 6) is 4.98. The summed E-state index contributed by atoms with van der Waals surface area (Å²) in [7, 11) is 0. The minimum absolute atomic E-state index is 0.00930. The number of carbonyl (C=O) groups is 1. The average Bonchev–Trinajstić information content (AvgIpc) is 3.91. The highest BCUT2D eigenvalue weighted by atomic mass is 16.5. The van der Waals surface area contributed by atoms with Gasteiger partial charge in [0.1, 0.15) is 11.1 Å². The molecule has 2 atom stereocenters. The predicted octanol–water partition coefficient (Wildman–Crippen LogP) is 6.18. The molecule has 4 saturated carbocycles. The molecule has 1 aliphatic heterocycles. The normalized spacial score (nSPS) is 28.8. The van der Waals surface area contributed by atoms with Crippen LogP contribution in [0.4, 0.5) is 17.7 Å². The zero-order chi connectivity index (χ0) is 31.7. The third-order valence-electron chi connectivity index (χ3n) is 11.8. The van der Waals surface area contributed by atoms with Crippen LogP contribution in [-0.4, -0.2) is 61.4 Å². The molecule has 5 fully saturated rings. The molecular weight excluding hydrogens is 578 g/mol. The fourth-order valence-corrected chi connectivity index (χ4v) is 8.31. The summed E-state index contributed by atoms with van der Waals surface area (Å²) in [4.78, 5) is 29.9. The van der Waals surface area contributed by atoms with Crippen molar-refractivity contribution < 1.29 is 14.6 Å². The molecule has 10 nitrogen and oxygen atoms in total. The van der Waals surface area contributed by atoms with Gasteiger partial charge >= 0.3 is 5.97 Å². The molecule has 1 spiro atoms. The first-order chi connectivity index (χ1) is 22.2. The minimum Gasteiger partial charge on any atom is -0.480 e. The number of hydrogen-bond acceptors (Lipinski definition) is 8. The highest BCUT2D eigenvalue weighted by Crippen LogP contribution is 2.66. The summed E-state index contributed by atoms with van der Waals surface area (Å²) >= 11 is 0. The van der Waals surface area contributed by atoms with Gasteiger partial charge in [-0.05, 0) is 88.5 Å². The van der Waals surface area contributed by atoms with Crippen molar-refractivity contribution in [2.24, 2.45) is 17.3 Å². The van der Waals surface area contributed by atoms with Crippen molar-refractivity contribution in [2.45, 2.75) is 101 Å². The number of rotatable bonds is 9. The Bertz CT molecular complexity index is 1680. The summed E-state index contributed by atoms with van der Waals surface area (Å²) in [5.41, 5.74) is 1.69. The van der Waals surface area contributed by atoms with Crippen molar-refractivity contribution in [1.82, 2.24) is 19.5 Å². The number of aromatic nitrogens is 4. The van der Waals surface area contributed by atoms with Crippen LogP contribution in [0.15, 0.2) is 30.3 Å². The number of fused-ring (bicyclic) bond motifs is 1. The molecule has 3 aromatic rings. The van der Waals surface area contributed by atoms with Crippen LogP contribution in [-0.2, 0) is 9.53 Å². The lowest BCUT2D eigenvalue weighted by Gasteiger charge is -2.37. The van der Waals surface area contributed by atoms with Crippen LogP contribution in [0.1, 0.15) is 95.7 Å². The molecule has 0 bridgehead atoms. The standard InChI is InChI=1S/C36H45N7O3/c1-4-23-13-15-35(16-14-23)21-27(35)43-28-29(39-33(43)42-19-20-46-22-26(42)24-9-6-5-7-10-24)37-32(41-34(2,3)31(44)45)38-30(28)40-36(17-18-36)25-11-8-12-25/h1,5-7,9-10,23,25-27H,8,11-22H2,2-3H3,(H,44,45)(H2,37,38,40,41)/t23?,26-,27+,35?/m0/s1. The maximum absolute atomic E-state index is 12.1. The van der Waals surface area contributed by atoms with E-state index in [1.165, 1.54) is 24.8 Å². The Kier molecular flexibility index (Phi) is 6.98. The van der Waals surface area contributed by atoms with Crippen molar-refractivity contribution in [3.63, 3.8) is 0 Å². The second kappa shape index (κ2) is 10.9. The Morgan fingerprint density at radius 3 is 2.50 bits per heavy atom. The maximum atomic E-state index is 12.1. The van der Waals surface area contributed by atoms with E-state index in [0.717, 1.165) is 62.2 Å². The minimum atomic E-state index is -1.25. The number of carboxylic acids is 1. The van der Waals surface area contributed by atoms with Gasteiger partial charge in [-0.15, -0.1) is 12.3 Å². The first-order valence-electron chi connectivity index (χ1n) is 17.2. The smallest absolute Gasteiger partial charge is 0.328 e. The molecule has 3 N–H and O–H groups in total. The monoisotopic (exact) mass is 623 g/mol. The molecule has 3 heterocycles. The number of nitrogens with zero attached hydrogens (tertiary/aromatic N) is 5. The van der Waals surface area contributed by atoms with Crippen LogP contribution >= 0.6 is 0 Å². The molecule has 1 aromatic carbocycles. The van der Waals surface area contributed by atoms with E-state index in [4.69, 9.17) is 26.1 Å². The number of benzene rings is 1. The van der Waals surface area contributed by atoms with Gasteiger partial charge < -0.3 is 29.9 Å². The summed E-state index contributed by atoms with van der Waals surface area (Å²) in [5, 5.41) is 17.0. The van der Waals surface area contributed by atoms with Gasteiger partial charge in [-0.25, -0.2) is 4.79 Å². The van der Waals surface area contributed by atoms with E-state index in [1.807, 2.05) is 6.07 Å². The van der Waals surface area contributed by atoms with Crippen molar-refractivity contribution in [3.05, 3.63) is 35.9 Å². The summed E-state index contributed by atoms with van der Waals surface area (Å²) in [6.45, 7) is 5.17. The van der Waals surface area contributed by atoms with Gasteiger partial charge in [-0.1, -0.05) is 36.8 Å². The Morgan fingerprint density at radius 2 is 1.85 bits per heavy atom. The summed E-state index contributed by atoms with van der Waals surface area (Å²) in [6, 6.07) is 10.8. The van der Waals surface area contributed by atoms with E-state index in [9.17, 15) is 9.90 Å². The van der Waals surface area contributed by atoms with Gasteiger partial charge in [0.25, 0.3) is 0 Å². The maximum Gasteiger partial charge on any atom is 0.328 e. The van der Waals surface area contributed by atoms with Crippen LogP contribution in [0.3, 0.4) is 0 Å². The number of anilines is 3. The second-order valence-corrected chi connectivity index (χ2v) is 15.0. The lowest BCUT2D eigenvalue weighted by molar-refractivity contribution is -0.141. The molecule has 1 saturated heterocycles. The van der Waals surface area contributed by atoms with Gasteiger partial charge in [0.05, 0.1) is 19.3 Å². The van der Waals surface area contributed by atoms with E-state index < -0.39 is 11.5 Å². The molecule has 5 aliphatic rings.